The first-order valence-corrected chi connectivity index (χ1v) is 7.45. The Balaban J connectivity index is 1.77. The second kappa shape index (κ2) is 6.84. The zero-order chi connectivity index (χ0) is 17.1. The molecular formula is C17H18FN3O3. The predicted octanol–water partition coefficient (Wildman–Crippen LogP) is 3.42. The molecule has 0 atom stereocenters. The van der Waals surface area contributed by atoms with Gasteiger partial charge in [-0.15, -0.1) is 0 Å². The number of methoxy groups -OCH3 is 1. The minimum Gasteiger partial charge on any atom is -0.497 e. The van der Waals surface area contributed by atoms with Crippen LogP contribution in [0.5, 0.6) is 5.75 Å². The number of benzene rings is 1. The fourth-order valence-corrected chi connectivity index (χ4v) is 2.39. The van der Waals surface area contributed by atoms with Crippen LogP contribution in [0.15, 0.2) is 39.5 Å². The van der Waals surface area contributed by atoms with Gasteiger partial charge in [-0.1, -0.05) is 5.16 Å². The Morgan fingerprint density at radius 2 is 2.08 bits per heavy atom. The maximum atomic E-state index is 14.2. The quantitative estimate of drug-likeness (QED) is 0.689. The van der Waals surface area contributed by atoms with Gasteiger partial charge in [0.25, 0.3) is 0 Å². The molecule has 6 nitrogen and oxygen atoms in total. The molecule has 126 valence electrons. The van der Waals surface area contributed by atoms with Crippen molar-refractivity contribution in [2.75, 3.05) is 14.2 Å². The second-order valence-electron chi connectivity index (χ2n) is 5.53. The highest BCUT2D eigenvalue weighted by atomic mass is 19.1. The summed E-state index contributed by atoms with van der Waals surface area (Å²) in [6.45, 7) is 2.99. The summed E-state index contributed by atoms with van der Waals surface area (Å²) in [5.74, 6) is 0.940. The third-order valence-electron chi connectivity index (χ3n) is 3.64. The van der Waals surface area contributed by atoms with Gasteiger partial charge in [-0.2, -0.15) is 0 Å². The number of ether oxygens (including phenoxy) is 1. The lowest BCUT2D eigenvalue weighted by Gasteiger charge is -2.13. The summed E-state index contributed by atoms with van der Waals surface area (Å²) in [5, 5.41) is 3.88. The zero-order valence-corrected chi connectivity index (χ0v) is 13.7. The Hall–Kier alpha value is -2.67. The first-order valence-electron chi connectivity index (χ1n) is 7.45. The van der Waals surface area contributed by atoms with Gasteiger partial charge in [0.15, 0.2) is 0 Å². The molecule has 0 spiro atoms. The normalized spacial score (nSPS) is 11.2. The molecule has 0 aliphatic carbocycles. The van der Waals surface area contributed by atoms with Gasteiger partial charge in [-0.25, -0.2) is 9.37 Å². The summed E-state index contributed by atoms with van der Waals surface area (Å²) in [6, 6.07) is 6.40. The van der Waals surface area contributed by atoms with Gasteiger partial charge in [-0.05, 0) is 26.1 Å². The van der Waals surface area contributed by atoms with Crippen molar-refractivity contribution < 1.29 is 18.1 Å². The van der Waals surface area contributed by atoms with Crippen LogP contribution in [0.4, 0.5) is 4.39 Å². The van der Waals surface area contributed by atoms with Gasteiger partial charge in [0.1, 0.15) is 23.6 Å². The Morgan fingerprint density at radius 3 is 2.75 bits per heavy atom. The van der Waals surface area contributed by atoms with E-state index in [1.807, 2.05) is 24.9 Å². The molecule has 1 aromatic carbocycles. The minimum atomic E-state index is -0.432. The molecule has 0 aliphatic rings. The van der Waals surface area contributed by atoms with Crippen molar-refractivity contribution in [2.45, 2.75) is 20.0 Å². The third-order valence-corrected chi connectivity index (χ3v) is 3.64. The van der Waals surface area contributed by atoms with Crippen molar-refractivity contribution in [1.29, 1.82) is 0 Å². The molecular weight excluding hydrogens is 313 g/mol. The fourth-order valence-electron chi connectivity index (χ4n) is 2.39. The smallest absolute Gasteiger partial charge is 0.229 e. The van der Waals surface area contributed by atoms with Crippen LogP contribution in [0.2, 0.25) is 0 Å². The van der Waals surface area contributed by atoms with E-state index in [4.69, 9.17) is 13.7 Å². The molecule has 0 bridgehead atoms. The summed E-state index contributed by atoms with van der Waals surface area (Å²) < 4.78 is 29.6. The summed E-state index contributed by atoms with van der Waals surface area (Å²) in [6.07, 6.45) is 1.54. The number of hydrogen-bond acceptors (Lipinski definition) is 6. The van der Waals surface area contributed by atoms with Gasteiger partial charge in [-0.3, -0.25) is 4.90 Å². The van der Waals surface area contributed by atoms with Gasteiger partial charge in [0.2, 0.25) is 5.89 Å². The first kappa shape index (κ1) is 16.2. The molecule has 0 unspecified atom stereocenters. The number of hydrogen-bond donors (Lipinski definition) is 0. The molecule has 2 heterocycles. The Morgan fingerprint density at radius 1 is 1.25 bits per heavy atom. The minimum absolute atomic E-state index is 0.262. The monoisotopic (exact) mass is 331 g/mol. The SMILES string of the molecule is COc1ccc(-c2nc(CN(C)Cc3ccon3)c(C)o2)c(F)c1. The van der Waals surface area contributed by atoms with Crippen LogP contribution in [-0.2, 0) is 13.1 Å². The van der Waals surface area contributed by atoms with E-state index in [-0.39, 0.29) is 5.89 Å². The molecule has 0 aliphatic heterocycles. The standard InChI is InChI=1S/C17H18FN3O3/c1-11-16(10-21(2)9-12-6-7-23-20-12)19-17(24-11)14-5-4-13(22-3)8-15(14)18/h4-8H,9-10H2,1-3H3. The molecule has 3 rings (SSSR count). The van der Waals surface area contributed by atoms with Gasteiger partial charge >= 0.3 is 0 Å². The number of aromatic nitrogens is 2. The number of aryl methyl sites for hydroxylation is 1. The van der Waals surface area contributed by atoms with E-state index in [0.29, 0.717) is 30.2 Å². The van der Waals surface area contributed by atoms with E-state index in [1.165, 1.54) is 19.4 Å². The number of nitrogens with zero attached hydrogens (tertiary/aromatic N) is 3. The molecule has 0 radical (unpaired) electrons. The van der Waals surface area contributed by atoms with Gasteiger partial charge in [0.05, 0.1) is 24.1 Å². The van der Waals surface area contributed by atoms with E-state index in [9.17, 15) is 4.39 Å². The molecule has 0 saturated heterocycles. The second-order valence-corrected chi connectivity index (χ2v) is 5.53. The average Bonchev–Trinajstić information content (AvgIpc) is 3.17. The molecule has 0 amide bonds. The van der Waals surface area contributed by atoms with Crippen LogP contribution in [0, 0.1) is 12.7 Å². The van der Waals surface area contributed by atoms with Crippen LogP contribution in [0.3, 0.4) is 0 Å². The van der Waals surface area contributed by atoms with Crippen LogP contribution in [0.25, 0.3) is 11.5 Å². The molecule has 2 aromatic heterocycles. The van der Waals surface area contributed by atoms with E-state index in [2.05, 4.69) is 10.1 Å². The Labute approximate surface area is 138 Å². The maximum absolute atomic E-state index is 14.2. The molecule has 0 saturated carbocycles. The van der Waals surface area contributed by atoms with E-state index in [0.717, 1.165) is 11.4 Å². The van der Waals surface area contributed by atoms with Crippen LogP contribution >= 0.6 is 0 Å². The van der Waals surface area contributed by atoms with Crippen molar-refractivity contribution in [1.82, 2.24) is 15.0 Å². The highest BCUT2D eigenvalue weighted by molar-refractivity contribution is 5.56. The van der Waals surface area contributed by atoms with Crippen LogP contribution in [-0.4, -0.2) is 29.2 Å². The first-order chi connectivity index (χ1) is 11.6. The Kier molecular flexibility index (Phi) is 4.61. The summed E-state index contributed by atoms with van der Waals surface area (Å²) >= 11 is 0. The largest absolute Gasteiger partial charge is 0.497 e. The van der Waals surface area contributed by atoms with Crippen molar-refractivity contribution in [3.05, 3.63) is 53.5 Å². The zero-order valence-electron chi connectivity index (χ0n) is 13.7. The van der Waals surface area contributed by atoms with Crippen molar-refractivity contribution >= 4 is 0 Å². The van der Waals surface area contributed by atoms with Crippen molar-refractivity contribution in [2.24, 2.45) is 0 Å². The number of oxazole rings is 1. The Bertz CT molecular complexity index is 815. The number of rotatable bonds is 6. The topological polar surface area (TPSA) is 64.5 Å². The van der Waals surface area contributed by atoms with E-state index < -0.39 is 5.82 Å². The van der Waals surface area contributed by atoms with E-state index >= 15 is 0 Å². The molecule has 3 aromatic rings. The lowest BCUT2D eigenvalue weighted by Crippen LogP contribution is -2.18. The number of halogens is 1. The average molecular weight is 331 g/mol. The molecule has 7 heteroatoms. The highest BCUT2D eigenvalue weighted by Gasteiger charge is 2.17. The lowest BCUT2D eigenvalue weighted by atomic mass is 10.2. The summed E-state index contributed by atoms with van der Waals surface area (Å²) in [7, 11) is 3.43. The predicted molar refractivity (Wildman–Crippen MR) is 84.9 cm³/mol. The molecule has 0 N–H and O–H groups in total. The van der Waals surface area contributed by atoms with Gasteiger partial charge in [0, 0.05) is 25.2 Å². The third kappa shape index (κ3) is 3.46. The maximum Gasteiger partial charge on any atom is 0.229 e. The summed E-state index contributed by atoms with van der Waals surface area (Å²) in [5.41, 5.74) is 1.90. The van der Waals surface area contributed by atoms with Crippen LogP contribution in [0.1, 0.15) is 17.1 Å². The van der Waals surface area contributed by atoms with Crippen LogP contribution < -0.4 is 4.74 Å². The fraction of sp³-hybridized carbons (Fsp3) is 0.294. The highest BCUT2D eigenvalue weighted by Crippen LogP contribution is 2.27. The summed E-state index contributed by atoms with van der Waals surface area (Å²) in [4.78, 5) is 6.46. The molecule has 24 heavy (non-hydrogen) atoms. The van der Waals surface area contributed by atoms with Gasteiger partial charge < -0.3 is 13.7 Å². The molecule has 0 fully saturated rings. The van der Waals surface area contributed by atoms with Crippen molar-refractivity contribution in [3.8, 4) is 17.2 Å². The van der Waals surface area contributed by atoms with E-state index in [1.54, 1.807) is 12.1 Å². The van der Waals surface area contributed by atoms with Crippen molar-refractivity contribution in [3.63, 3.8) is 0 Å². The lowest BCUT2D eigenvalue weighted by molar-refractivity contribution is 0.299.